The molecule has 0 spiro atoms. The van der Waals surface area contributed by atoms with Crippen LogP contribution in [0.25, 0.3) is 0 Å². The fourth-order valence-corrected chi connectivity index (χ4v) is 4.00. The van der Waals surface area contributed by atoms with E-state index in [2.05, 4.69) is 58.7 Å². The molecular formula is C16H19BrClNS. The summed E-state index contributed by atoms with van der Waals surface area (Å²) in [6.45, 7) is 5.35. The first-order valence-corrected chi connectivity index (χ1v) is 8.88. The lowest BCUT2D eigenvalue weighted by atomic mass is 9.98. The molecule has 0 radical (unpaired) electrons. The third-order valence-corrected chi connectivity index (χ3v) is 5.52. The van der Waals surface area contributed by atoms with Crippen molar-refractivity contribution < 1.29 is 0 Å². The molecule has 1 N–H and O–H groups in total. The van der Waals surface area contributed by atoms with Crippen LogP contribution in [0.1, 0.15) is 35.4 Å². The van der Waals surface area contributed by atoms with Crippen molar-refractivity contribution >= 4 is 38.9 Å². The van der Waals surface area contributed by atoms with Crippen LogP contribution in [0.2, 0.25) is 5.02 Å². The molecule has 0 amide bonds. The number of thiophene rings is 1. The number of hydrogen-bond acceptors (Lipinski definition) is 2. The molecule has 0 saturated carbocycles. The molecule has 2 rings (SSSR count). The summed E-state index contributed by atoms with van der Waals surface area (Å²) in [5.74, 6) is 0. The molecule has 1 unspecified atom stereocenters. The summed E-state index contributed by atoms with van der Waals surface area (Å²) < 4.78 is 1.20. The Hall–Kier alpha value is -0.350. The highest BCUT2D eigenvalue weighted by Crippen LogP contribution is 2.30. The number of hydrogen-bond donors (Lipinski definition) is 1. The Labute approximate surface area is 138 Å². The Morgan fingerprint density at radius 1 is 1.35 bits per heavy atom. The molecular weight excluding hydrogens is 354 g/mol. The predicted molar refractivity (Wildman–Crippen MR) is 92.9 cm³/mol. The highest BCUT2D eigenvalue weighted by atomic mass is 79.9. The SMILES string of the molecule is CCCNC(Cc1sccc1Br)c1cc(Cl)ccc1C. The Morgan fingerprint density at radius 3 is 2.80 bits per heavy atom. The lowest BCUT2D eigenvalue weighted by molar-refractivity contribution is 0.529. The minimum Gasteiger partial charge on any atom is -0.310 e. The second-order valence-electron chi connectivity index (χ2n) is 4.90. The van der Waals surface area contributed by atoms with Gasteiger partial charge in [-0.15, -0.1) is 11.3 Å². The van der Waals surface area contributed by atoms with E-state index in [0.29, 0.717) is 6.04 Å². The van der Waals surface area contributed by atoms with Gasteiger partial charge in [0.2, 0.25) is 0 Å². The van der Waals surface area contributed by atoms with Crippen LogP contribution in [0.3, 0.4) is 0 Å². The molecule has 0 bridgehead atoms. The van der Waals surface area contributed by atoms with Gasteiger partial charge in [0.1, 0.15) is 0 Å². The molecule has 0 aliphatic rings. The van der Waals surface area contributed by atoms with Crippen LogP contribution >= 0.6 is 38.9 Å². The molecule has 1 nitrogen and oxygen atoms in total. The van der Waals surface area contributed by atoms with Crippen molar-refractivity contribution in [1.82, 2.24) is 5.32 Å². The summed E-state index contributed by atoms with van der Waals surface area (Å²) >= 11 is 11.6. The van der Waals surface area contributed by atoms with Gasteiger partial charge in [-0.05, 0) is 70.5 Å². The second-order valence-corrected chi connectivity index (χ2v) is 7.19. The quantitative estimate of drug-likeness (QED) is 0.680. The maximum atomic E-state index is 6.17. The van der Waals surface area contributed by atoms with Crippen LogP contribution in [0.15, 0.2) is 34.1 Å². The fraction of sp³-hybridized carbons (Fsp3) is 0.375. The van der Waals surface area contributed by atoms with E-state index in [1.165, 1.54) is 20.5 Å². The van der Waals surface area contributed by atoms with Gasteiger partial charge in [-0.1, -0.05) is 24.6 Å². The first-order valence-electron chi connectivity index (χ1n) is 6.83. The van der Waals surface area contributed by atoms with Crippen molar-refractivity contribution in [3.05, 3.63) is 55.1 Å². The van der Waals surface area contributed by atoms with E-state index in [1.807, 2.05) is 6.07 Å². The van der Waals surface area contributed by atoms with E-state index in [-0.39, 0.29) is 0 Å². The van der Waals surface area contributed by atoms with Gasteiger partial charge >= 0.3 is 0 Å². The molecule has 1 aromatic heterocycles. The molecule has 1 atom stereocenters. The highest BCUT2D eigenvalue weighted by molar-refractivity contribution is 9.10. The normalized spacial score (nSPS) is 12.6. The molecule has 1 aromatic carbocycles. The maximum Gasteiger partial charge on any atom is 0.0409 e. The molecule has 20 heavy (non-hydrogen) atoms. The summed E-state index contributed by atoms with van der Waals surface area (Å²) in [5, 5.41) is 6.58. The molecule has 0 aliphatic heterocycles. The van der Waals surface area contributed by atoms with Gasteiger partial charge in [0.05, 0.1) is 0 Å². The Kier molecular flexibility index (Phi) is 6.09. The fourth-order valence-electron chi connectivity index (χ4n) is 2.25. The monoisotopic (exact) mass is 371 g/mol. The zero-order valence-electron chi connectivity index (χ0n) is 11.7. The minimum atomic E-state index is 0.309. The van der Waals surface area contributed by atoms with E-state index in [1.54, 1.807) is 11.3 Å². The van der Waals surface area contributed by atoms with Crippen LogP contribution < -0.4 is 5.32 Å². The van der Waals surface area contributed by atoms with Gasteiger partial charge in [-0.2, -0.15) is 0 Å². The van der Waals surface area contributed by atoms with Crippen molar-refractivity contribution in [3.8, 4) is 0 Å². The molecule has 4 heteroatoms. The van der Waals surface area contributed by atoms with Gasteiger partial charge < -0.3 is 5.32 Å². The molecule has 108 valence electrons. The lowest BCUT2D eigenvalue weighted by Crippen LogP contribution is -2.24. The number of halogens is 2. The van der Waals surface area contributed by atoms with E-state index < -0.39 is 0 Å². The summed E-state index contributed by atoms with van der Waals surface area (Å²) in [6, 6.07) is 8.57. The Bertz CT molecular complexity index is 567. The average Bonchev–Trinajstić information content (AvgIpc) is 2.83. The van der Waals surface area contributed by atoms with Crippen molar-refractivity contribution in [2.24, 2.45) is 0 Å². The number of aryl methyl sites for hydroxylation is 1. The van der Waals surface area contributed by atoms with Crippen LogP contribution in [-0.4, -0.2) is 6.54 Å². The highest BCUT2D eigenvalue weighted by Gasteiger charge is 2.16. The summed E-state index contributed by atoms with van der Waals surface area (Å²) in [5.41, 5.74) is 2.59. The average molecular weight is 373 g/mol. The van der Waals surface area contributed by atoms with E-state index in [0.717, 1.165) is 24.4 Å². The number of benzene rings is 1. The van der Waals surface area contributed by atoms with Crippen molar-refractivity contribution in [2.45, 2.75) is 32.7 Å². The third-order valence-electron chi connectivity index (χ3n) is 3.34. The Morgan fingerprint density at radius 2 is 2.15 bits per heavy atom. The van der Waals surface area contributed by atoms with Crippen LogP contribution in [0, 0.1) is 6.92 Å². The maximum absolute atomic E-state index is 6.17. The molecule has 0 saturated heterocycles. The standard InChI is InChI=1S/C16H19BrClNS/c1-3-7-19-15(10-16-14(17)6-8-20-16)13-9-12(18)5-4-11(13)2/h4-6,8-9,15,19H,3,7,10H2,1-2H3. The zero-order valence-corrected chi connectivity index (χ0v) is 14.9. The van der Waals surface area contributed by atoms with Crippen molar-refractivity contribution in [1.29, 1.82) is 0 Å². The molecule has 0 aliphatic carbocycles. The topological polar surface area (TPSA) is 12.0 Å². The first kappa shape index (κ1) is 16.0. The summed E-state index contributed by atoms with van der Waals surface area (Å²) in [6.07, 6.45) is 2.11. The van der Waals surface area contributed by atoms with Gasteiger partial charge in [0, 0.05) is 26.8 Å². The van der Waals surface area contributed by atoms with Crippen LogP contribution in [-0.2, 0) is 6.42 Å². The molecule has 2 aromatic rings. The van der Waals surface area contributed by atoms with Crippen LogP contribution in [0.5, 0.6) is 0 Å². The second kappa shape index (κ2) is 7.60. The largest absolute Gasteiger partial charge is 0.310 e. The summed E-state index contributed by atoms with van der Waals surface area (Å²) in [4.78, 5) is 1.37. The zero-order chi connectivity index (χ0) is 14.5. The van der Waals surface area contributed by atoms with E-state index in [9.17, 15) is 0 Å². The van der Waals surface area contributed by atoms with E-state index >= 15 is 0 Å². The van der Waals surface area contributed by atoms with Crippen molar-refractivity contribution in [3.63, 3.8) is 0 Å². The minimum absolute atomic E-state index is 0.309. The van der Waals surface area contributed by atoms with Crippen molar-refractivity contribution in [2.75, 3.05) is 6.54 Å². The molecule has 1 heterocycles. The van der Waals surface area contributed by atoms with Gasteiger partial charge in [-0.3, -0.25) is 0 Å². The lowest BCUT2D eigenvalue weighted by Gasteiger charge is -2.21. The predicted octanol–water partition coefficient (Wildman–Crippen LogP) is 5.76. The van der Waals surface area contributed by atoms with E-state index in [4.69, 9.17) is 11.6 Å². The van der Waals surface area contributed by atoms with Crippen LogP contribution in [0.4, 0.5) is 0 Å². The van der Waals surface area contributed by atoms with Gasteiger partial charge in [0.25, 0.3) is 0 Å². The Balaban J connectivity index is 2.27. The number of nitrogens with one attached hydrogen (secondary N) is 1. The van der Waals surface area contributed by atoms with Gasteiger partial charge in [-0.25, -0.2) is 0 Å². The smallest absolute Gasteiger partial charge is 0.0409 e. The third kappa shape index (κ3) is 4.08. The molecule has 0 fully saturated rings. The van der Waals surface area contributed by atoms with Gasteiger partial charge in [0.15, 0.2) is 0 Å². The number of rotatable bonds is 6. The summed E-state index contributed by atoms with van der Waals surface area (Å²) in [7, 11) is 0. The first-order chi connectivity index (χ1) is 9.61.